The number of rotatable bonds is 4. The fourth-order valence-electron chi connectivity index (χ4n) is 3.13. The molecule has 1 aliphatic heterocycles. The van der Waals surface area contributed by atoms with E-state index in [0.717, 1.165) is 24.3 Å². The van der Waals surface area contributed by atoms with Crippen LogP contribution in [0, 0.1) is 6.92 Å². The van der Waals surface area contributed by atoms with Gasteiger partial charge in [0, 0.05) is 38.4 Å². The highest BCUT2D eigenvalue weighted by Crippen LogP contribution is 2.29. The van der Waals surface area contributed by atoms with Gasteiger partial charge in [-0.15, -0.1) is 0 Å². The van der Waals surface area contributed by atoms with Crippen LogP contribution in [-0.4, -0.2) is 44.2 Å². The number of methoxy groups -OCH3 is 1. The second-order valence-electron chi connectivity index (χ2n) is 6.44. The van der Waals surface area contributed by atoms with Gasteiger partial charge in [-0.2, -0.15) is 0 Å². The molecule has 2 aromatic rings. The molecule has 0 aromatic heterocycles. The Hall–Kier alpha value is -2.40. The van der Waals surface area contributed by atoms with E-state index >= 15 is 0 Å². The van der Waals surface area contributed by atoms with Crippen LogP contribution < -0.4 is 15.0 Å². The van der Waals surface area contributed by atoms with Crippen molar-refractivity contribution in [2.45, 2.75) is 13.5 Å². The van der Waals surface area contributed by atoms with Gasteiger partial charge in [-0.3, -0.25) is 0 Å². The topological polar surface area (TPSA) is 44.8 Å². The molecule has 26 heavy (non-hydrogen) atoms. The maximum Gasteiger partial charge on any atom is 0.317 e. The second-order valence-corrected chi connectivity index (χ2v) is 6.85. The number of ether oxygens (including phenoxy) is 1. The third-order valence-electron chi connectivity index (χ3n) is 4.59. The Morgan fingerprint density at radius 3 is 2.58 bits per heavy atom. The largest absolute Gasteiger partial charge is 0.495 e. The molecular formula is C20H24ClN3O2. The van der Waals surface area contributed by atoms with E-state index in [1.807, 2.05) is 35.2 Å². The number of halogens is 1. The summed E-state index contributed by atoms with van der Waals surface area (Å²) in [5.74, 6) is 0.671. The van der Waals surface area contributed by atoms with Gasteiger partial charge >= 0.3 is 6.03 Å². The van der Waals surface area contributed by atoms with Crippen molar-refractivity contribution in [1.82, 2.24) is 10.2 Å². The zero-order chi connectivity index (χ0) is 18.5. The van der Waals surface area contributed by atoms with Crippen LogP contribution in [-0.2, 0) is 6.54 Å². The number of hydrogen-bond donors (Lipinski definition) is 1. The zero-order valence-electron chi connectivity index (χ0n) is 15.2. The number of carbonyl (C=O) groups is 1. The smallest absolute Gasteiger partial charge is 0.317 e. The highest BCUT2D eigenvalue weighted by Gasteiger charge is 2.21. The Morgan fingerprint density at radius 2 is 1.92 bits per heavy atom. The molecule has 0 radical (unpaired) electrons. The number of nitrogens with one attached hydrogen (secondary N) is 1. The number of aryl methyl sites for hydroxylation is 1. The summed E-state index contributed by atoms with van der Waals surface area (Å²) in [5.41, 5.74) is 3.36. The van der Waals surface area contributed by atoms with E-state index in [0.29, 0.717) is 30.4 Å². The minimum atomic E-state index is -0.0149. The number of nitrogens with zero attached hydrogens (tertiary/aromatic N) is 2. The summed E-state index contributed by atoms with van der Waals surface area (Å²) in [4.78, 5) is 16.5. The molecule has 1 fully saturated rings. The van der Waals surface area contributed by atoms with Crippen LogP contribution in [0.1, 0.15) is 11.1 Å². The lowest BCUT2D eigenvalue weighted by Gasteiger charge is -2.36. The molecule has 0 bridgehead atoms. The van der Waals surface area contributed by atoms with Crippen molar-refractivity contribution in [3.63, 3.8) is 0 Å². The van der Waals surface area contributed by atoms with Gasteiger partial charge < -0.3 is 19.9 Å². The van der Waals surface area contributed by atoms with E-state index in [1.165, 1.54) is 5.56 Å². The van der Waals surface area contributed by atoms with Gasteiger partial charge in [-0.05, 0) is 30.7 Å². The van der Waals surface area contributed by atoms with Gasteiger partial charge in [0.05, 0.1) is 12.1 Å². The highest BCUT2D eigenvalue weighted by molar-refractivity contribution is 6.32. The van der Waals surface area contributed by atoms with Crippen molar-refractivity contribution in [2.75, 3.05) is 38.2 Å². The fourth-order valence-corrected chi connectivity index (χ4v) is 3.38. The average Bonchev–Trinajstić information content (AvgIpc) is 2.66. The first-order chi connectivity index (χ1) is 12.6. The van der Waals surface area contributed by atoms with Gasteiger partial charge in [0.15, 0.2) is 0 Å². The predicted octanol–water partition coefficient (Wildman–Crippen LogP) is 3.69. The lowest BCUT2D eigenvalue weighted by atomic mass is 10.1. The summed E-state index contributed by atoms with van der Waals surface area (Å²) in [5, 5.41) is 3.61. The molecule has 1 aliphatic rings. The van der Waals surface area contributed by atoms with Gasteiger partial charge in [-0.1, -0.05) is 41.4 Å². The standard InChI is InChI=1S/C20H24ClN3O2/c1-15-4-3-5-16(12-15)14-22-20(25)24-10-8-23(9-11-24)17-6-7-19(26-2)18(21)13-17/h3-7,12-13H,8-11,14H2,1-2H3,(H,22,25). The number of hydrogen-bond acceptors (Lipinski definition) is 3. The van der Waals surface area contributed by atoms with Crippen LogP contribution in [0.15, 0.2) is 42.5 Å². The van der Waals surface area contributed by atoms with E-state index in [1.54, 1.807) is 7.11 Å². The van der Waals surface area contributed by atoms with Crippen molar-refractivity contribution >= 4 is 23.3 Å². The van der Waals surface area contributed by atoms with Gasteiger partial charge in [0.25, 0.3) is 0 Å². The SMILES string of the molecule is COc1ccc(N2CCN(C(=O)NCc3cccc(C)c3)CC2)cc1Cl. The van der Waals surface area contributed by atoms with Crippen molar-refractivity contribution in [3.8, 4) is 5.75 Å². The average molecular weight is 374 g/mol. The highest BCUT2D eigenvalue weighted by atomic mass is 35.5. The van der Waals surface area contributed by atoms with Crippen LogP contribution in [0.5, 0.6) is 5.75 Å². The van der Waals surface area contributed by atoms with E-state index in [-0.39, 0.29) is 6.03 Å². The Balaban J connectivity index is 1.51. The van der Waals surface area contributed by atoms with Gasteiger partial charge in [-0.25, -0.2) is 4.79 Å². The number of amides is 2. The summed E-state index contributed by atoms with van der Waals surface area (Å²) >= 11 is 6.21. The lowest BCUT2D eigenvalue weighted by molar-refractivity contribution is 0.194. The molecule has 0 aliphatic carbocycles. The number of benzene rings is 2. The molecule has 0 saturated carbocycles. The molecule has 2 amide bonds. The van der Waals surface area contributed by atoms with Crippen LogP contribution >= 0.6 is 11.6 Å². The molecule has 1 N–H and O–H groups in total. The quantitative estimate of drug-likeness (QED) is 0.889. The van der Waals surface area contributed by atoms with Crippen molar-refractivity contribution in [3.05, 3.63) is 58.6 Å². The molecule has 138 valence electrons. The normalized spacial score (nSPS) is 14.3. The zero-order valence-corrected chi connectivity index (χ0v) is 15.9. The van der Waals surface area contributed by atoms with E-state index < -0.39 is 0 Å². The van der Waals surface area contributed by atoms with Crippen molar-refractivity contribution in [1.29, 1.82) is 0 Å². The Labute approximate surface area is 159 Å². The molecule has 5 nitrogen and oxygen atoms in total. The lowest BCUT2D eigenvalue weighted by Crippen LogP contribution is -2.51. The van der Waals surface area contributed by atoms with Crippen molar-refractivity contribution in [2.24, 2.45) is 0 Å². The number of carbonyl (C=O) groups excluding carboxylic acids is 1. The van der Waals surface area contributed by atoms with Crippen LogP contribution in [0.3, 0.4) is 0 Å². The molecular weight excluding hydrogens is 350 g/mol. The number of anilines is 1. The van der Waals surface area contributed by atoms with Crippen molar-refractivity contribution < 1.29 is 9.53 Å². The van der Waals surface area contributed by atoms with E-state index in [2.05, 4.69) is 29.3 Å². The van der Waals surface area contributed by atoms with Gasteiger partial charge in [0.2, 0.25) is 0 Å². The van der Waals surface area contributed by atoms with E-state index in [9.17, 15) is 4.79 Å². The summed E-state index contributed by atoms with van der Waals surface area (Å²) < 4.78 is 5.19. The van der Waals surface area contributed by atoms with Crippen LogP contribution in [0.4, 0.5) is 10.5 Å². The second kappa shape index (κ2) is 8.32. The number of urea groups is 1. The van der Waals surface area contributed by atoms with Crippen LogP contribution in [0.2, 0.25) is 5.02 Å². The predicted molar refractivity (Wildman–Crippen MR) is 105 cm³/mol. The molecule has 0 spiro atoms. The number of piperazine rings is 1. The molecule has 1 saturated heterocycles. The van der Waals surface area contributed by atoms with Gasteiger partial charge in [0.1, 0.15) is 5.75 Å². The first-order valence-corrected chi connectivity index (χ1v) is 9.11. The van der Waals surface area contributed by atoms with E-state index in [4.69, 9.17) is 16.3 Å². The Bertz CT molecular complexity index is 773. The maximum atomic E-state index is 12.4. The molecule has 1 heterocycles. The molecule has 6 heteroatoms. The maximum absolute atomic E-state index is 12.4. The fraction of sp³-hybridized carbons (Fsp3) is 0.350. The summed E-state index contributed by atoms with van der Waals surface area (Å²) in [6.45, 7) is 5.53. The molecule has 0 unspecified atom stereocenters. The third kappa shape index (κ3) is 4.41. The van der Waals surface area contributed by atoms with Crippen LogP contribution in [0.25, 0.3) is 0 Å². The Morgan fingerprint density at radius 1 is 1.15 bits per heavy atom. The Kier molecular flexibility index (Phi) is 5.89. The first kappa shape index (κ1) is 18.4. The summed E-state index contributed by atoms with van der Waals surface area (Å²) in [7, 11) is 1.61. The summed E-state index contributed by atoms with van der Waals surface area (Å²) in [6, 6.07) is 13.9. The molecule has 2 aromatic carbocycles. The third-order valence-corrected chi connectivity index (χ3v) is 4.89. The molecule has 3 rings (SSSR count). The first-order valence-electron chi connectivity index (χ1n) is 8.73. The monoisotopic (exact) mass is 373 g/mol. The molecule has 0 atom stereocenters. The minimum Gasteiger partial charge on any atom is -0.495 e. The summed E-state index contributed by atoms with van der Waals surface area (Å²) in [6.07, 6.45) is 0. The minimum absolute atomic E-state index is 0.0149.